The molecule has 0 bridgehead atoms. The molecule has 4 nitrogen and oxygen atoms in total. The van der Waals surface area contributed by atoms with Crippen molar-refractivity contribution in [3.8, 4) is 0 Å². The number of hydrogen-bond donors (Lipinski definition) is 0. The van der Waals surface area contributed by atoms with E-state index in [2.05, 4.69) is 10.1 Å². The van der Waals surface area contributed by atoms with Crippen LogP contribution < -0.4 is 0 Å². The van der Waals surface area contributed by atoms with E-state index in [1.54, 1.807) is 23.1 Å². The van der Waals surface area contributed by atoms with Gasteiger partial charge in [-0.15, -0.1) is 0 Å². The summed E-state index contributed by atoms with van der Waals surface area (Å²) < 4.78 is 1.70. The standard InChI is InChI=1S/C9H9N3O/c1-6(13)7-3-9-8(10-4-7)5-11-12(9)2/h3-5H,1-2H3. The van der Waals surface area contributed by atoms with E-state index in [9.17, 15) is 4.79 Å². The van der Waals surface area contributed by atoms with Crippen LogP contribution in [0.4, 0.5) is 0 Å². The quantitative estimate of drug-likeness (QED) is 0.611. The van der Waals surface area contributed by atoms with Crippen molar-refractivity contribution < 1.29 is 4.79 Å². The Hall–Kier alpha value is -1.71. The molecule has 0 aliphatic heterocycles. The fraction of sp³-hybridized carbons (Fsp3) is 0.222. The Morgan fingerprint density at radius 2 is 2.23 bits per heavy atom. The van der Waals surface area contributed by atoms with E-state index in [1.807, 2.05) is 7.05 Å². The van der Waals surface area contributed by atoms with E-state index in [0.717, 1.165) is 11.0 Å². The van der Waals surface area contributed by atoms with Crippen molar-refractivity contribution >= 4 is 16.8 Å². The first kappa shape index (κ1) is 7.91. The Kier molecular flexibility index (Phi) is 1.62. The minimum Gasteiger partial charge on any atom is -0.294 e. The fourth-order valence-electron chi connectivity index (χ4n) is 1.22. The summed E-state index contributed by atoms with van der Waals surface area (Å²) in [7, 11) is 1.83. The third kappa shape index (κ3) is 1.20. The number of rotatable bonds is 1. The minimum absolute atomic E-state index is 0.0237. The Labute approximate surface area is 75.2 Å². The molecule has 0 atom stereocenters. The van der Waals surface area contributed by atoms with Crippen LogP contribution in [-0.2, 0) is 7.05 Å². The van der Waals surface area contributed by atoms with Gasteiger partial charge < -0.3 is 0 Å². The van der Waals surface area contributed by atoms with Crippen LogP contribution in [0.15, 0.2) is 18.5 Å². The summed E-state index contributed by atoms with van der Waals surface area (Å²) in [6, 6.07) is 1.80. The zero-order valence-corrected chi connectivity index (χ0v) is 7.48. The third-order valence-corrected chi connectivity index (χ3v) is 2.01. The van der Waals surface area contributed by atoms with E-state index < -0.39 is 0 Å². The summed E-state index contributed by atoms with van der Waals surface area (Å²) in [6.07, 6.45) is 3.26. The second kappa shape index (κ2) is 2.65. The fourth-order valence-corrected chi connectivity index (χ4v) is 1.22. The van der Waals surface area contributed by atoms with Gasteiger partial charge in [0, 0.05) is 18.8 Å². The molecule has 13 heavy (non-hydrogen) atoms. The molecule has 0 unspecified atom stereocenters. The SMILES string of the molecule is CC(=O)c1cnc2cnn(C)c2c1. The third-order valence-electron chi connectivity index (χ3n) is 2.01. The van der Waals surface area contributed by atoms with Crippen LogP contribution in [0.1, 0.15) is 17.3 Å². The molecular weight excluding hydrogens is 166 g/mol. The predicted molar refractivity (Wildman–Crippen MR) is 48.5 cm³/mol. The lowest BCUT2D eigenvalue weighted by molar-refractivity contribution is 0.101. The molecule has 2 rings (SSSR count). The highest BCUT2D eigenvalue weighted by Crippen LogP contribution is 2.11. The summed E-state index contributed by atoms with van der Waals surface area (Å²) in [5, 5.41) is 4.04. The number of ketones is 1. The van der Waals surface area contributed by atoms with Gasteiger partial charge in [0.25, 0.3) is 0 Å². The highest BCUT2D eigenvalue weighted by molar-refractivity contribution is 5.96. The normalized spacial score (nSPS) is 10.6. The topological polar surface area (TPSA) is 47.8 Å². The predicted octanol–water partition coefficient (Wildman–Crippen LogP) is 1.17. The number of pyridine rings is 1. The number of carbonyl (C=O) groups is 1. The lowest BCUT2D eigenvalue weighted by Gasteiger charge is -1.96. The Morgan fingerprint density at radius 3 is 2.92 bits per heavy atom. The van der Waals surface area contributed by atoms with Crippen molar-refractivity contribution in [2.24, 2.45) is 7.05 Å². The maximum absolute atomic E-state index is 11.1. The highest BCUT2D eigenvalue weighted by atomic mass is 16.1. The average Bonchev–Trinajstić information content (AvgIpc) is 2.47. The van der Waals surface area contributed by atoms with Gasteiger partial charge in [-0.3, -0.25) is 14.5 Å². The van der Waals surface area contributed by atoms with E-state index in [1.165, 1.54) is 6.92 Å². The Balaban J connectivity index is 2.72. The lowest BCUT2D eigenvalue weighted by Crippen LogP contribution is -1.95. The monoisotopic (exact) mass is 175 g/mol. The molecule has 0 aliphatic rings. The van der Waals surface area contributed by atoms with Crippen LogP contribution in [0, 0.1) is 0 Å². The summed E-state index contributed by atoms with van der Waals surface area (Å²) in [5.74, 6) is 0.0237. The molecule has 0 spiro atoms. The number of Topliss-reactive ketones (excluding diaryl/α,β-unsaturated/α-hetero) is 1. The van der Waals surface area contributed by atoms with Crippen LogP contribution in [0.25, 0.3) is 11.0 Å². The van der Waals surface area contributed by atoms with Crippen LogP contribution in [0.2, 0.25) is 0 Å². The van der Waals surface area contributed by atoms with E-state index in [0.29, 0.717) is 5.56 Å². The summed E-state index contributed by atoms with van der Waals surface area (Å²) in [5.41, 5.74) is 2.32. The van der Waals surface area contributed by atoms with Crippen molar-refractivity contribution in [2.75, 3.05) is 0 Å². The number of fused-ring (bicyclic) bond motifs is 1. The van der Waals surface area contributed by atoms with Gasteiger partial charge in [-0.05, 0) is 13.0 Å². The number of nitrogens with zero attached hydrogens (tertiary/aromatic N) is 3. The second-order valence-corrected chi connectivity index (χ2v) is 2.95. The molecule has 0 N–H and O–H groups in total. The molecule has 66 valence electrons. The molecule has 0 aromatic carbocycles. The van der Waals surface area contributed by atoms with E-state index >= 15 is 0 Å². The number of hydrogen-bond acceptors (Lipinski definition) is 3. The molecule has 2 aromatic heterocycles. The zero-order chi connectivity index (χ0) is 9.42. The summed E-state index contributed by atoms with van der Waals surface area (Å²) in [4.78, 5) is 15.2. The first-order chi connectivity index (χ1) is 6.18. The molecule has 0 saturated heterocycles. The molecule has 0 saturated carbocycles. The van der Waals surface area contributed by atoms with Crippen LogP contribution in [0.3, 0.4) is 0 Å². The van der Waals surface area contributed by atoms with Crippen molar-refractivity contribution in [2.45, 2.75) is 6.92 Å². The molecular formula is C9H9N3O. The van der Waals surface area contributed by atoms with Crippen LogP contribution in [0.5, 0.6) is 0 Å². The van der Waals surface area contributed by atoms with E-state index in [-0.39, 0.29) is 5.78 Å². The molecule has 2 heterocycles. The number of aromatic nitrogens is 3. The molecule has 0 radical (unpaired) electrons. The average molecular weight is 175 g/mol. The minimum atomic E-state index is 0.0237. The molecule has 4 heteroatoms. The van der Waals surface area contributed by atoms with Gasteiger partial charge in [-0.2, -0.15) is 5.10 Å². The van der Waals surface area contributed by atoms with Gasteiger partial charge in [0.05, 0.1) is 11.7 Å². The van der Waals surface area contributed by atoms with Gasteiger partial charge in [0.2, 0.25) is 0 Å². The van der Waals surface area contributed by atoms with Crippen molar-refractivity contribution in [1.29, 1.82) is 0 Å². The van der Waals surface area contributed by atoms with Gasteiger partial charge in [-0.1, -0.05) is 0 Å². The highest BCUT2D eigenvalue weighted by Gasteiger charge is 2.04. The summed E-state index contributed by atoms with van der Waals surface area (Å²) in [6.45, 7) is 1.53. The van der Waals surface area contributed by atoms with Crippen LogP contribution >= 0.6 is 0 Å². The lowest BCUT2D eigenvalue weighted by atomic mass is 10.2. The maximum Gasteiger partial charge on any atom is 0.161 e. The van der Waals surface area contributed by atoms with E-state index in [4.69, 9.17) is 0 Å². The Bertz CT molecular complexity index is 473. The molecule has 0 amide bonds. The molecule has 0 aliphatic carbocycles. The molecule has 0 fully saturated rings. The van der Waals surface area contributed by atoms with Crippen molar-refractivity contribution in [1.82, 2.24) is 14.8 Å². The zero-order valence-electron chi connectivity index (χ0n) is 7.48. The van der Waals surface area contributed by atoms with Crippen molar-refractivity contribution in [3.05, 3.63) is 24.0 Å². The second-order valence-electron chi connectivity index (χ2n) is 2.95. The first-order valence-corrected chi connectivity index (χ1v) is 3.97. The van der Waals surface area contributed by atoms with Crippen LogP contribution in [-0.4, -0.2) is 20.5 Å². The van der Waals surface area contributed by atoms with Gasteiger partial charge >= 0.3 is 0 Å². The van der Waals surface area contributed by atoms with Gasteiger partial charge in [-0.25, -0.2) is 0 Å². The Morgan fingerprint density at radius 1 is 1.46 bits per heavy atom. The molecule has 2 aromatic rings. The number of aryl methyl sites for hydroxylation is 1. The van der Waals surface area contributed by atoms with Gasteiger partial charge in [0.15, 0.2) is 5.78 Å². The van der Waals surface area contributed by atoms with Gasteiger partial charge in [0.1, 0.15) is 5.52 Å². The smallest absolute Gasteiger partial charge is 0.161 e. The summed E-state index contributed by atoms with van der Waals surface area (Å²) >= 11 is 0. The van der Waals surface area contributed by atoms with Crippen molar-refractivity contribution in [3.63, 3.8) is 0 Å². The largest absolute Gasteiger partial charge is 0.294 e. The first-order valence-electron chi connectivity index (χ1n) is 3.97. The maximum atomic E-state index is 11.1. The number of carbonyl (C=O) groups excluding carboxylic acids is 1.